The molecule has 0 aromatic heterocycles. The predicted molar refractivity (Wildman–Crippen MR) is 126 cm³/mol. The van der Waals surface area contributed by atoms with Crippen LogP contribution in [0.15, 0.2) is 83.8 Å². The van der Waals surface area contributed by atoms with Crippen LogP contribution in [0.5, 0.6) is 0 Å². The summed E-state index contributed by atoms with van der Waals surface area (Å²) in [6.45, 7) is 5.69. The fourth-order valence-corrected chi connectivity index (χ4v) is 4.14. The maximum atomic E-state index is 12.9. The highest BCUT2D eigenvalue weighted by atomic mass is 32.2. The van der Waals surface area contributed by atoms with E-state index in [1.165, 1.54) is 0 Å². The van der Waals surface area contributed by atoms with E-state index in [9.17, 15) is 13.8 Å². The first-order valence-corrected chi connectivity index (χ1v) is 11.6. The van der Waals surface area contributed by atoms with Gasteiger partial charge >= 0.3 is 0 Å². The normalized spacial score (nSPS) is 12.2. The van der Waals surface area contributed by atoms with Crippen LogP contribution in [-0.2, 0) is 27.4 Å². The molecule has 1 unspecified atom stereocenters. The lowest BCUT2D eigenvalue weighted by Gasteiger charge is -2.24. The fraction of sp³-hybridized carbons (Fsp3) is 0.231. The maximum Gasteiger partial charge on any atom is 0.228 e. The lowest BCUT2D eigenvalue weighted by atomic mass is 9.78. The van der Waals surface area contributed by atoms with E-state index in [-0.39, 0.29) is 18.1 Å². The Labute approximate surface area is 186 Å². The lowest BCUT2D eigenvalue weighted by molar-refractivity contribution is -0.115. The molecule has 1 amide bonds. The molecule has 31 heavy (non-hydrogen) atoms. The maximum absolute atomic E-state index is 12.9. The van der Waals surface area contributed by atoms with E-state index in [0.29, 0.717) is 17.0 Å². The van der Waals surface area contributed by atoms with Gasteiger partial charge in [0.15, 0.2) is 5.78 Å². The van der Waals surface area contributed by atoms with Gasteiger partial charge in [-0.25, -0.2) is 0 Å². The van der Waals surface area contributed by atoms with Crippen LogP contribution in [-0.4, -0.2) is 21.7 Å². The smallest absolute Gasteiger partial charge is 0.228 e. The molecule has 0 radical (unpaired) electrons. The number of ketones is 1. The number of anilines is 1. The average Bonchev–Trinajstić information content (AvgIpc) is 2.79. The van der Waals surface area contributed by atoms with Gasteiger partial charge in [-0.2, -0.15) is 0 Å². The molecule has 0 aliphatic rings. The number of amides is 1. The molecule has 0 saturated carbocycles. The summed E-state index contributed by atoms with van der Waals surface area (Å²) in [6, 6.07) is 24.0. The third kappa shape index (κ3) is 5.56. The van der Waals surface area contributed by atoms with Crippen molar-refractivity contribution in [2.75, 3.05) is 11.1 Å². The fourth-order valence-electron chi connectivity index (χ4n) is 3.37. The molecule has 3 aromatic rings. The van der Waals surface area contributed by atoms with Crippen LogP contribution in [0.4, 0.5) is 5.69 Å². The van der Waals surface area contributed by atoms with Gasteiger partial charge in [0.05, 0.1) is 22.6 Å². The monoisotopic (exact) mass is 433 g/mol. The molecule has 0 heterocycles. The van der Waals surface area contributed by atoms with Gasteiger partial charge in [-0.15, -0.1) is 0 Å². The van der Waals surface area contributed by atoms with Crippen molar-refractivity contribution in [2.24, 2.45) is 0 Å². The van der Waals surface area contributed by atoms with Gasteiger partial charge in [-0.1, -0.05) is 61.5 Å². The Morgan fingerprint density at radius 3 is 2.06 bits per heavy atom. The molecule has 0 fully saturated rings. The first-order valence-electron chi connectivity index (χ1n) is 10.3. The minimum absolute atomic E-state index is 0.0531. The quantitative estimate of drug-likeness (QED) is 0.499. The second-order valence-electron chi connectivity index (χ2n) is 7.90. The molecule has 0 aliphatic heterocycles. The minimum Gasteiger partial charge on any atom is -0.326 e. The topological polar surface area (TPSA) is 63.2 Å². The molecule has 1 atom stereocenters. The van der Waals surface area contributed by atoms with Crippen molar-refractivity contribution in [1.82, 2.24) is 0 Å². The van der Waals surface area contributed by atoms with Crippen molar-refractivity contribution in [3.8, 4) is 0 Å². The van der Waals surface area contributed by atoms with Crippen LogP contribution in [0.25, 0.3) is 0 Å². The largest absolute Gasteiger partial charge is 0.326 e. The summed E-state index contributed by atoms with van der Waals surface area (Å²) in [5, 5.41) is 2.89. The Morgan fingerprint density at radius 1 is 0.871 bits per heavy atom. The van der Waals surface area contributed by atoms with Crippen LogP contribution in [0.2, 0.25) is 0 Å². The van der Waals surface area contributed by atoms with Crippen LogP contribution in [0.1, 0.15) is 42.3 Å². The summed E-state index contributed by atoms with van der Waals surface area (Å²) in [6.07, 6.45) is 0.235. The molecule has 0 aliphatic carbocycles. The van der Waals surface area contributed by atoms with Crippen LogP contribution >= 0.6 is 0 Å². The number of Topliss-reactive ketones (excluding diaryl/α,β-unsaturated/α-hetero) is 1. The second-order valence-corrected chi connectivity index (χ2v) is 9.64. The van der Waals surface area contributed by atoms with Gasteiger partial charge in [0.1, 0.15) is 0 Å². The average molecular weight is 434 g/mol. The van der Waals surface area contributed by atoms with Crippen molar-refractivity contribution < 1.29 is 13.8 Å². The van der Waals surface area contributed by atoms with Gasteiger partial charge in [0.25, 0.3) is 0 Å². The van der Waals surface area contributed by atoms with Crippen LogP contribution in [0.3, 0.4) is 0 Å². The van der Waals surface area contributed by atoms with Gasteiger partial charge in [-0.3, -0.25) is 13.8 Å². The van der Waals surface area contributed by atoms with Gasteiger partial charge in [-0.05, 0) is 49.2 Å². The Hall–Kier alpha value is -3.05. The lowest BCUT2D eigenvalue weighted by Crippen LogP contribution is -2.29. The zero-order valence-electron chi connectivity index (χ0n) is 18.1. The minimum atomic E-state index is -0.993. The van der Waals surface area contributed by atoms with Crippen molar-refractivity contribution in [2.45, 2.75) is 37.5 Å². The van der Waals surface area contributed by atoms with Gasteiger partial charge in [0.2, 0.25) is 5.91 Å². The highest BCUT2D eigenvalue weighted by Gasteiger charge is 2.30. The molecule has 3 aromatic carbocycles. The first-order chi connectivity index (χ1) is 14.8. The van der Waals surface area contributed by atoms with Crippen molar-refractivity contribution >= 4 is 28.2 Å². The number of carbonyl (C=O) groups excluding carboxylic acids is 2. The summed E-state index contributed by atoms with van der Waals surface area (Å²) in [4.78, 5) is 26.1. The predicted octanol–water partition coefficient (Wildman–Crippen LogP) is 5.16. The van der Waals surface area contributed by atoms with E-state index < -0.39 is 16.2 Å². The number of hydrogen-bond acceptors (Lipinski definition) is 3. The highest BCUT2D eigenvalue weighted by Crippen LogP contribution is 2.28. The number of rotatable bonds is 8. The number of benzene rings is 3. The SMILES string of the molecule is CCS(=O)c1ccc(CC(=O)Nc2ccc(C(C)(C)C(=O)c3ccccc3)cc2)cc1. The van der Waals surface area contributed by atoms with Gasteiger partial charge in [0, 0.05) is 21.9 Å². The zero-order valence-corrected chi connectivity index (χ0v) is 18.9. The number of nitrogens with one attached hydrogen (secondary N) is 1. The molecule has 1 N–H and O–H groups in total. The van der Waals surface area contributed by atoms with E-state index >= 15 is 0 Å². The summed E-state index contributed by atoms with van der Waals surface area (Å²) in [5.74, 6) is 0.498. The van der Waals surface area contributed by atoms with Crippen molar-refractivity contribution in [3.63, 3.8) is 0 Å². The first kappa shape index (κ1) is 22.6. The number of hydrogen-bond donors (Lipinski definition) is 1. The third-order valence-electron chi connectivity index (χ3n) is 5.31. The Morgan fingerprint density at radius 2 is 1.48 bits per heavy atom. The summed E-state index contributed by atoms with van der Waals surface area (Å²) >= 11 is 0. The second kappa shape index (κ2) is 9.84. The van der Waals surface area contributed by atoms with Crippen molar-refractivity contribution in [3.05, 3.63) is 95.6 Å². The molecular weight excluding hydrogens is 406 g/mol. The standard InChI is InChI=1S/C26H27NO3S/c1-4-31(30)23-16-10-19(11-17-23)18-24(28)27-22-14-12-21(13-15-22)26(2,3)25(29)20-8-6-5-7-9-20/h5-17H,4,18H2,1-3H3,(H,27,28). The molecule has 160 valence electrons. The van der Waals surface area contributed by atoms with E-state index in [0.717, 1.165) is 16.0 Å². The molecule has 4 nitrogen and oxygen atoms in total. The summed E-state index contributed by atoms with van der Waals surface area (Å²) in [7, 11) is -0.993. The van der Waals surface area contributed by atoms with E-state index in [1.807, 2.05) is 99.6 Å². The van der Waals surface area contributed by atoms with Crippen molar-refractivity contribution in [1.29, 1.82) is 0 Å². The third-order valence-corrected chi connectivity index (χ3v) is 6.63. The molecule has 3 rings (SSSR count). The summed E-state index contributed by atoms with van der Waals surface area (Å²) < 4.78 is 11.8. The van der Waals surface area contributed by atoms with Crippen LogP contribution < -0.4 is 5.32 Å². The zero-order chi connectivity index (χ0) is 22.4. The summed E-state index contributed by atoms with van der Waals surface area (Å²) in [5.41, 5.74) is 2.43. The molecule has 0 spiro atoms. The Bertz CT molecular complexity index is 1070. The van der Waals surface area contributed by atoms with E-state index in [4.69, 9.17) is 0 Å². The molecular formula is C26H27NO3S. The molecule has 5 heteroatoms. The van der Waals surface area contributed by atoms with Gasteiger partial charge < -0.3 is 5.32 Å². The Balaban J connectivity index is 1.64. The molecule has 0 bridgehead atoms. The van der Waals surface area contributed by atoms with E-state index in [2.05, 4.69) is 5.32 Å². The number of carbonyl (C=O) groups is 2. The van der Waals surface area contributed by atoms with Crippen LogP contribution in [0, 0.1) is 0 Å². The Kier molecular flexibility index (Phi) is 7.18. The highest BCUT2D eigenvalue weighted by molar-refractivity contribution is 7.85. The van der Waals surface area contributed by atoms with E-state index in [1.54, 1.807) is 0 Å². The molecule has 0 saturated heterocycles.